The Bertz CT molecular complexity index is 554. The van der Waals surface area contributed by atoms with Crippen LogP contribution in [0.2, 0.25) is 0 Å². The van der Waals surface area contributed by atoms with Crippen LogP contribution in [-0.4, -0.2) is 34.5 Å². The molecule has 0 aliphatic carbocycles. The predicted octanol–water partition coefficient (Wildman–Crippen LogP) is 4.31. The average Bonchev–Trinajstić information content (AvgIpc) is 2.59. The van der Waals surface area contributed by atoms with Crippen molar-refractivity contribution in [1.29, 1.82) is 0 Å². The molecule has 0 bridgehead atoms. The molecule has 1 rings (SSSR count). The Morgan fingerprint density at radius 2 is 1.64 bits per heavy atom. The van der Waals surface area contributed by atoms with E-state index in [-0.39, 0.29) is 12.7 Å². The molecule has 144 valence electrons. The van der Waals surface area contributed by atoms with Gasteiger partial charge in [-0.3, -0.25) is 4.18 Å². The minimum absolute atomic E-state index is 0.0734. The molecule has 0 aromatic heterocycles. The Kier molecular flexibility index (Phi) is 10.8. The number of benzene rings is 1. The fourth-order valence-corrected chi connectivity index (χ4v) is 2.90. The van der Waals surface area contributed by atoms with Crippen LogP contribution in [0.3, 0.4) is 0 Å². The van der Waals surface area contributed by atoms with Gasteiger partial charge in [-0.25, -0.2) is 0 Å². The van der Waals surface area contributed by atoms with E-state index in [0.29, 0.717) is 6.61 Å². The molecular weight excluding hydrogens is 340 g/mol. The molecule has 0 fully saturated rings. The SMILES string of the molecule is CCCCCCCCC(COS(C)(=O)=O)OCc1ccc(OC)cc1. The van der Waals surface area contributed by atoms with Gasteiger partial charge in [0, 0.05) is 0 Å². The third-order valence-electron chi connectivity index (χ3n) is 3.99. The minimum Gasteiger partial charge on any atom is -0.497 e. The van der Waals surface area contributed by atoms with Gasteiger partial charge >= 0.3 is 0 Å². The third kappa shape index (κ3) is 11.2. The van der Waals surface area contributed by atoms with Crippen LogP contribution < -0.4 is 4.74 Å². The van der Waals surface area contributed by atoms with Crippen LogP contribution in [0.15, 0.2) is 24.3 Å². The van der Waals surface area contributed by atoms with Crippen LogP contribution in [0.5, 0.6) is 5.75 Å². The summed E-state index contributed by atoms with van der Waals surface area (Å²) in [5, 5.41) is 0. The molecule has 0 heterocycles. The summed E-state index contributed by atoms with van der Waals surface area (Å²) < 4.78 is 38.4. The van der Waals surface area contributed by atoms with Gasteiger partial charge in [-0.15, -0.1) is 0 Å². The number of unbranched alkanes of at least 4 members (excludes halogenated alkanes) is 5. The second-order valence-corrected chi connectivity index (χ2v) is 7.97. The molecule has 0 spiro atoms. The Labute approximate surface area is 152 Å². The van der Waals surface area contributed by atoms with Crippen LogP contribution in [0, 0.1) is 0 Å². The summed E-state index contributed by atoms with van der Waals surface area (Å²) in [6.45, 7) is 2.70. The quantitative estimate of drug-likeness (QED) is 0.360. The first-order chi connectivity index (χ1) is 11.9. The van der Waals surface area contributed by atoms with Gasteiger partial charge in [0.15, 0.2) is 0 Å². The van der Waals surface area contributed by atoms with Crippen molar-refractivity contribution in [1.82, 2.24) is 0 Å². The lowest BCUT2D eigenvalue weighted by molar-refractivity contribution is 0.00480. The number of hydrogen-bond acceptors (Lipinski definition) is 5. The largest absolute Gasteiger partial charge is 0.497 e. The zero-order chi connectivity index (χ0) is 18.5. The lowest BCUT2D eigenvalue weighted by Gasteiger charge is -2.17. The van der Waals surface area contributed by atoms with E-state index in [1.54, 1.807) is 7.11 Å². The van der Waals surface area contributed by atoms with E-state index in [0.717, 1.165) is 36.8 Å². The lowest BCUT2D eigenvalue weighted by atomic mass is 10.1. The smallest absolute Gasteiger partial charge is 0.264 e. The van der Waals surface area contributed by atoms with E-state index in [9.17, 15) is 8.42 Å². The Hall–Kier alpha value is -1.11. The van der Waals surface area contributed by atoms with Crippen molar-refractivity contribution >= 4 is 10.1 Å². The highest BCUT2D eigenvalue weighted by Crippen LogP contribution is 2.16. The fraction of sp³-hybridized carbons (Fsp3) is 0.684. The number of methoxy groups -OCH3 is 1. The van der Waals surface area contributed by atoms with Crippen LogP contribution in [0.25, 0.3) is 0 Å². The molecule has 5 nitrogen and oxygen atoms in total. The van der Waals surface area contributed by atoms with Gasteiger partial charge in [-0.2, -0.15) is 8.42 Å². The minimum atomic E-state index is -3.45. The van der Waals surface area contributed by atoms with E-state index in [4.69, 9.17) is 13.7 Å². The maximum atomic E-state index is 11.2. The molecule has 0 N–H and O–H groups in total. The fourth-order valence-electron chi connectivity index (χ4n) is 2.50. The molecule has 0 saturated carbocycles. The van der Waals surface area contributed by atoms with Crippen molar-refractivity contribution in [3.05, 3.63) is 29.8 Å². The zero-order valence-electron chi connectivity index (χ0n) is 15.7. The second kappa shape index (κ2) is 12.3. The highest BCUT2D eigenvalue weighted by molar-refractivity contribution is 7.85. The molecule has 0 radical (unpaired) electrons. The second-order valence-electron chi connectivity index (χ2n) is 6.33. The number of ether oxygens (including phenoxy) is 2. The van der Waals surface area contributed by atoms with Gasteiger partial charge in [0.2, 0.25) is 0 Å². The summed E-state index contributed by atoms with van der Waals surface area (Å²) in [6, 6.07) is 7.65. The highest BCUT2D eigenvalue weighted by atomic mass is 32.2. The molecule has 1 unspecified atom stereocenters. The first-order valence-corrected chi connectivity index (χ1v) is 10.8. The van der Waals surface area contributed by atoms with Gasteiger partial charge < -0.3 is 9.47 Å². The molecule has 0 aliphatic rings. The van der Waals surface area contributed by atoms with Crippen molar-refractivity contribution in [2.24, 2.45) is 0 Å². The van der Waals surface area contributed by atoms with Gasteiger partial charge in [-0.1, -0.05) is 57.6 Å². The van der Waals surface area contributed by atoms with Crippen LogP contribution in [0.1, 0.15) is 57.4 Å². The van der Waals surface area contributed by atoms with Gasteiger partial charge in [0.05, 0.1) is 32.7 Å². The molecule has 25 heavy (non-hydrogen) atoms. The molecule has 1 aromatic carbocycles. The summed E-state index contributed by atoms with van der Waals surface area (Å²) in [5.41, 5.74) is 1.02. The summed E-state index contributed by atoms with van der Waals surface area (Å²) in [4.78, 5) is 0. The molecule has 0 aliphatic heterocycles. The molecule has 6 heteroatoms. The van der Waals surface area contributed by atoms with E-state index < -0.39 is 10.1 Å². The Balaban J connectivity index is 2.42. The normalized spacial score (nSPS) is 12.9. The van der Waals surface area contributed by atoms with Crippen LogP contribution >= 0.6 is 0 Å². The van der Waals surface area contributed by atoms with E-state index in [1.807, 2.05) is 24.3 Å². The first-order valence-electron chi connectivity index (χ1n) is 9.03. The van der Waals surface area contributed by atoms with Crippen molar-refractivity contribution < 1.29 is 22.1 Å². The molecule has 1 atom stereocenters. The first kappa shape index (κ1) is 21.9. The summed E-state index contributed by atoms with van der Waals surface area (Å²) in [5.74, 6) is 0.799. The highest BCUT2D eigenvalue weighted by Gasteiger charge is 2.13. The Morgan fingerprint density at radius 3 is 2.24 bits per heavy atom. The number of hydrogen-bond donors (Lipinski definition) is 0. The zero-order valence-corrected chi connectivity index (χ0v) is 16.5. The van der Waals surface area contributed by atoms with E-state index in [1.165, 1.54) is 25.7 Å². The summed E-state index contributed by atoms with van der Waals surface area (Å²) in [7, 11) is -1.82. The number of rotatable bonds is 14. The molecule has 0 saturated heterocycles. The van der Waals surface area contributed by atoms with Gasteiger partial charge in [0.1, 0.15) is 5.75 Å². The van der Waals surface area contributed by atoms with Crippen molar-refractivity contribution in [3.63, 3.8) is 0 Å². The van der Waals surface area contributed by atoms with Crippen LogP contribution in [-0.2, 0) is 25.6 Å². The predicted molar refractivity (Wildman–Crippen MR) is 100 cm³/mol. The summed E-state index contributed by atoms with van der Waals surface area (Å²) in [6.07, 6.45) is 8.79. The van der Waals surface area contributed by atoms with Crippen molar-refractivity contribution in [2.75, 3.05) is 20.0 Å². The van der Waals surface area contributed by atoms with Gasteiger partial charge in [-0.05, 0) is 24.1 Å². The maximum Gasteiger partial charge on any atom is 0.264 e. The topological polar surface area (TPSA) is 61.8 Å². The lowest BCUT2D eigenvalue weighted by Crippen LogP contribution is -2.22. The van der Waals surface area contributed by atoms with E-state index in [2.05, 4.69) is 6.92 Å². The Morgan fingerprint density at radius 1 is 1.00 bits per heavy atom. The van der Waals surface area contributed by atoms with Gasteiger partial charge in [0.25, 0.3) is 10.1 Å². The van der Waals surface area contributed by atoms with Crippen LogP contribution in [0.4, 0.5) is 0 Å². The van der Waals surface area contributed by atoms with Crippen molar-refractivity contribution in [2.45, 2.75) is 64.6 Å². The molecule has 0 amide bonds. The monoisotopic (exact) mass is 372 g/mol. The summed E-state index contributed by atoms with van der Waals surface area (Å²) >= 11 is 0. The molecular formula is C19H32O5S. The average molecular weight is 373 g/mol. The van der Waals surface area contributed by atoms with Crippen molar-refractivity contribution in [3.8, 4) is 5.75 Å². The van der Waals surface area contributed by atoms with E-state index >= 15 is 0 Å². The standard InChI is InChI=1S/C19H32O5S/c1-4-5-6-7-8-9-10-19(16-24-25(3,20)21)23-15-17-11-13-18(22-2)14-12-17/h11-14,19H,4-10,15-16H2,1-3H3. The third-order valence-corrected chi connectivity index (χ3v) is 4.56. The molecule has 1 aromatic rings. The maximum absolute atomic E-state index is 11.2.